The third kappa shape index (κ3) is 3.37. The molecule has 1 aliphatic carbocycles. The lowest BCUT2D eigenvalue weighted by molar-refractivity contribution is -0.0268. The highest BCUT2D eigenvalue weighted by Crippen LogP contribution is 2.48. The zero-order valence-corrected chi connectivity index (χ0v) is 14.6. The predicted octanol–water partition coefficient (Wildman–Crippen LogP) is 4.43. The van der Waals surface area contributed by atoms with Crippen molar-refractivity contribution >= 4 is 11.6 Å². The second kappa shape index (κ2) is 6.51. The molecule has 1 N–H and O–H groups in total. The Hall–Kier alpha value is -1.35. The zero-order chi connectivity index (χ0) is 16.6. The molecule has 24 heavy (non-hydrogen) atoms. The van der Waals surface area contributed by atoms with Crippen molar-refractivity contribution in [3.05, 3.63) is 70.7 Å². The van der Waals surface area contributed by atoms with Crippen LogP contribution in [0.2, 0.25) is 5.02 Å². The normalized spacial score (nSPS) is 26.2. The molecule has 1 saturated heterocycles. The Morgan fingerprint density at radius 1 is 1.00 bits per heavy atom. The van der Waals surface area contributed by atoms with E-state index in [9.17, 15) is 5.11 Å². The predicted molar refractivity (Wildman–Crippen MR) is 98.3 cm³/mol. The molecule has 4 rings (SSSR count). The van der Waals surface area contributed by atoms with Gasteiger partial charge in [0.2, 0.25) is 0 Å². The van der Waals surface area contributed by atoms with E-state index < -0.39 is 5.60 Å². The summed E-state index contributed by atoms with van der Waals surface area (Å²) in [6.07, 6.45) is 2.91. The maximum atomic E-state index is 11.0. The quantitative estimate of drug-likeness (QED) is 0.889. The molecule has 126 valence electrons. The van der Waals surface area contributed by atoms with Gasteiger partial charge in [0.05, 0.1) is 5.60 Å². The van der Waals surface area contributed by atoms with Crippen molar-refractivity contribution < 1.29 is 5.11 Å². The molecule has 2 aromatic rings. The van der Waals surface area contributed by atoms with E-state index in [1.807, 2.05) is 24.3 Å². The van der Waals surface area contributed by atoms with Gasteiger partial charge in [-0.3, -0.25) is 0 Å². The Bertz CT molecular complexity index is 677. The van der Waals surface area contributed by atoms with Crippen molar-refractivity contribution in [1.82, 2.24) is 4.90 Å². The smallest absolute Gasteiger partial charge is 0.0920 e. The first-order chi connectivity index (χ1) is 11.6. The number of rotatable bonds is 4. The van der Waals surface area contributed by atoms with Crippen LogP contribution in [-0.2, 0) is 5.60 Å². The fourth-order valence-electron chi connectivity index (χ4n) is 4.04. The van der Waals surface area contributed by atoms with E-state index in [2.05, 4.69) is 35.2 Å². The molecule has 1 aliphatic heterocycles. The lowest BCUT2D eigenvalue weighted by atomic mass is 9.84. The van der Waals surface area contributed by atoms with Crippen molar-refractivity contribution in [2.24, 2.45) is 5.92 Å². The first kappa shape index (κ1) is 16.1. The average molecular weight is 342 g/mol. The summed E-state index contributed by atoms with van der Waals surface area (Å²) in [5.41, 5.74) is 1.79. The van der Waals surface area contributed by atoms with Gasteiger partial charge in [-0.05, 0) is 54.4 Å². The highest BCUT2D eigenvalue weighted by atomic mass is 35.5. The maximum Gasteiger partial charge on any atom is 0.0920 e. The fourth-order valence-corrected chi connectivity index (χ4v) is 4.17. The van der Waals surface area contributed by atoms with E-state index in [0.29, 0.717) is 0 Å². The van der Waals surface area contributed by atoms with Crippen molar-refractivity contribution in [3.8, 4) is 0 Å². The first-order valence-corrected chi connectivity index (χ1v) is 9.28. The highest BCUT2D eigenvalue weighted by Gasteiger charge is 2.41. The van der Waals surface area contributed by atoms with Gasteiger partial charge in [0.15, 0.2) is 0 Å². The summed E-state index contributed by atoms with van der Waals surface area (Å²) in [5.74, 6) is 1.53. The lowest BCUT2D eigenvalue weighted by Gasteiger charge is -2.38. The molecule has 2 aromatic carbocycles. The molecule has 2 fully saturated rings. The van der Waals surface area contributed by atoms with Crippen LogP contribution in [0.15, 0.2) is 54.6 Å². The van der Waals surface area contributed by atoms with Gasteiger partial charge in [0.25, 0.3) is 0 Å². The average Bonchev–Trinajstić information content (AvgIpc) is 3.38. The van der Waals surface area contributed by atoms with Gasteiger partial charge in [0.1, 0.15) is 0 Å². The Balaban J connectivity index is 1.31. The molecule has 0 unspecified atom stereocenters. The Kier molecular flexibility index (Phi) is 4.38. The number of halogens is 1. The van der Waals surface area contributed by atoms with Crippen molar-refractivity contribution in [3.63, 3.8) is 0 Å². The van der Waals surface area contributed by atoms with E-state index >= 15 is 0 Å². The van der Waals surface area contributed by atoms with Gasteiger partial charge in [-0.25, -0.2) is 0 Å². The molecule has 0 radical (unpaired) electrons. The number of piperidine rings is 1. The maximum absolute atomic E-state index is 11.0. The molecule has 1 saturated carbocycles. The zero-order valence-electron chi connectivity index (χ0n) is 13.9. The number of hydrogen-bond donors (Lipinski definition) is 1. The number of aliphatic hydroxyl groups is 1. The molecule has 0 bridgehead atoms. The standard InChI is InChI=1S/C21H24ClNO/c22-19-8-6-18(7-9-19)21(24)10-12-23(13-11-21)15-17-14-20(17)16-4-2-1-3-5-16/h1-9,17,20,24H,10-15H2/t17-,20-/m0/s1. The van der Waals surface area contributed by atoms with Crippen molar-refractivity contribution in [2.45, 2.75) is 30.8 Å². The molecule has 0 aromatic heterocycles. The summed E-state index contributed by atoms with van der Waals surface area (Å²) in [4.78, 5) is 2.53. The second-order valence-electron chi connectivity index (χ2n) is 7.35. The first-order valence-electron chi connectivity index (χ1n) is 8.90. The summed E-state index contributed by atoms with van der Waals surface area (Å²) in [7, 11) is 0. The van der Waals surface area contributed by atoms with Crippen LogP contribution in [0, 0.1) is 5.92 Å². The fraction of sp³-hybridized carbons (Fsp3) is 0.429. The molecule has 0 amide bonds. The van der Waals surface area contributed by atoms with Gasteiger partial charge in [0, 0.05) is 24.7 Å². The van der Waals surface area contributed by atoms with E-state index in [0.717, 1.165) is 54.9 Å². The van der Waals surface area contributed by atoms with E-state index in [1.165, 1.54) is 12.0 Å². The SMILES string of the molecule is OC1(c2ccc(Cl)cc2)CCN(C[C@@H]2C[C@H]2c2ccccc2)CC1. The van der Waals surface area contributed by atoms with Crippen LogP contribution in [0.1, 0.15) is 36.3 Å². The van der Waals surface area contributed by atoms with E-state index in [-0.39, 0.29) is 0 Å². The van der Waals surface area contributed by atoms with Gasteiger partial charge in [-0.1, -0.05) is 54.1 Å². The van der Waals surface area contributed by atoms with Crippen LogP contribution < -0.4 is 0 Å². The second-order valence-corrected chi connectivity index (χ2v) is 7.79. The summed E-state index contributed by atoms with van der Waals surface area (Å²) in [5, 5.41) is 11.7. The van der Waals surface area contributed by atoms with Gasteiger partial charge >= 0.3 is 0 Å². The lowest BCUT2D eigenvalue weighted by Crippen LogP contribution is -2.43. The van der Waals surface area contributed by atoms with Crippen LogP contribution in [0.4, 0.5) is 0 Å². The molecule has 2 nitrogen and oxygen atoms in total. The molecular formula is C21H24ClNO. The largest absolute Gasteiger partial charge is 0.385 e. The molecule has 2 aliphatic rings. The summed E-state index contributed by atoms with van der Waals surface area (Å²) >= 11 is 5.96. The Morgan fingerprint density at radius 2 is 1.67 bits per heavy atom. The molecular weight excluding hydrogens is 318 g/mol. The summed E-state index contributed by atoms with van der Waals surface area (Å²) in [6.45, 7) is 3.10. The number of benzene rings is 2. The van der Waals surface area contributed by atoms with Gasteiger partial charge in [-0.15, -0.1) is 0 Å². The third-order valence-electron chi connectivity index (χ3n) is 5.71. The molecule has 1 heterocycles. The van der Waals surface area contributed by atoms with Crippen LogP contribution in [0.25, 0.3) is 0 Å². The molecule has 3 heteroatoms. The minimum absolute atomic E-state index is 0.691. The van der Waals surface area contributed by atoms with Crippen LogP contribution in [0.3, 0.4) is 0 Å². The van der Waals surface area contributed by atoms with E-state index in [1.54, 1.807) is 0 Å². The Morgan fingerprint density at radius 3 is 2.33 bits per heavy atom. The summed E-state index contributed by atoms with van der Waals surface area (Å²) < 4.78 is 0. The number of likely N-dealkylation sites (tertiary alicyclic amines) is 1. The minimum atomic E-state index is -0.691. The van der Waals surface area contributed by atoms with Crippen LogP contribution in [-0.4, -0.2) is 29.6 Å². The van der Waals surface area contributed by atoms with Crippen LogP contribution in [0.5, 0.6) is 0 Å². The van der Waals surface area contributed by atoms with Gasteiger partial charge in [-0.2, -0.15) is 0 Å². The minimum Gasteiger partial charge on any atom is -0.385 e. The molecule has 2 atom stereocenters. The number of hydrogen-bond acceptors (Lipinski definition) is 2. The highest BCUT2D eigenvalue weighted by molar-refractivity contribution is 6.30. The van der Waals surface area contributed by atoms with E-state index in [4.69, 9.17) is 11.6 Å². The topological polar surface area (TPSA) is 23.5 Å². The third-order valence-corrected chi connectivity index (χ3v) is 5.96. The summed E-state index contributed by atoms with van der Waals surface area (Å²) in [6, 6.07) is 18.5. The molecule has 0 spiro atoms. The van der Waals surface area contributed by atoms with Gasteiger partial charge < -0.3 is 10.0 Å². The van der Waals surface area contributed by atoms with Crippen molar-refractivity contribution in [2.75, 3.05) is 19.6 Å². The number of nitrogens with zero attached hydrogens (tertiary/aromatic N) is 1. The van der Waals surface area contributed by atoms with Crippen molar-refractivity contribution in [1.29, 1.82) is 0 Å². The van der Waals surface area contributed by atoms with Crippen LogP contribution >= 0.6 is 11.6 Å². The monoisotopic (exact) mass is 341 g/mol. The Labute approximate surface area is 149 Å².